The normalized spacial score (nSPS) is 18.8. The van der Waals surface area contributed by atoms with Crippen molar-refractivity contribution in [2.24, 2.45) is 0 Å². The lowest BCUT2D eigenvalue weighted by Gasteiger charge is -2.35. The number of anilines is 2. The van der Waals surface area contributed by atoms with Gasteiger partial charge in [-0.15, -0.1) is 0 Å². The maximum absolute atomic E-state index is 13.2. The van der Waals surface area contributed by atoms with Crippen LogP contribution in [0.2, 0.25) is 5.02 Å². The third kappa shape index (κ3) is 4.50. The molecule has 1 unspecified atom stereocenters. The molecular weight excluding hydrogens is 461 g/mol. The molecule has 0 aliphatic carbocycles. The van der Waals surface area contributed by atoms with E-state index in [2.05, 4.69) is 12.2 Å². The lowest BCUT2D eigenvalue weighted by Crippen LogP contribution is -2.43. The highest BCUT2D eigenvalue weighted by atomic mass is 35.5. The van der Waals surface area contributed by atoms with E-state index in [-0.39, 0.29) is 22.7 Å². The zero-order valence-electron chi connectivity index (χ0n) is 18.5. The maximum Gasteiger partial charge on any atom is 0.283 e. The van der Waals surface area contributed by atoms with Gasteiger partial charge in [0, 0.05) is 28.9 Å². The van der Waals surface area contributed by atoms with Gasteiger partial charge in [-0.2, -0.15) is 0 Å². The number of carbonyl (C=O) groups excluding carboxylic acids is 3. The summed E-state index contributed by atoms with van der Waals surface area (Å²) in [5.74, 6) is -1.23. The van der Waals surface area contributed by atoms with Crippen LogP contribution in [0.4, 0.5) is 11.4 Å². The van der Waals surface area contributed by atoms with E-state index in [0.717, 1.165) is 37.1 Å². The van der Waals surface area contributed by atoms with Gasteiger partial charge < -0.3 is 10.2 Å². The summed E-state index contributed by atoms with van der Waals surface area (Å²) in [4.78, 5) is 42.0. The van der Waals surface area contributed by atoms with Crippen molar-refractivity contribution in [3.05, 3.63) is 69.3 Å². The third-order valence-electron chi connectivity index (χ3n) is 6.18. The summed E-state index contributed by atoms with van der Waals surface area (Å²) in [7, 11) is 0. The summed E-state index contributed by atoms with van der Waals surface area (Å²) in [6.45, 7) is 4.62. The summed E-state index contributed by atoms with van der Waals surface area (Å²) in [5.41, 5.74) is 2.09. The molecule has 2 aliphatic rings. The average Bonchev–Trinajstić information content (AvgIpc) is 3.03. The van der Waals surface area contributed by atoms with Crippen LogP contribution in [0.1, 0.15) is 48.5 Å². The van der Waals surface area contributed by atoms with Crippen molar-refractivity contribution in [2.45, 2.75) is 45.6 Å². The Bertz CT molecular complexity index is 1160. The van der Waals surface area contributed by atoms with E-state index < -0.39 is 11.8 Å². The van der Waals surface area contributed by atoms with E-state index in [1.807, 2.05) is 4.90 Å². The lowest BCUT2D eigenvalue weighted by atomic mass is 9.99. The average molecular weight is 486 g/mol. The Hall–Kier alpha value is -2.83. The second-order valence-electron chi connectivity index (χ2n) is 8.33. The van der Waals surface area contributed by atoms with Crippen molar-refractivity contribution in [3.8, 4) is 0 Å². The fourth-order valence-corrected chi connectivity index (χ4v) is 4.77. The molecular formula is C25H25Cl2N3O3. The number of piperidine rings is 1. The molecule has 1 N–H and O–H groups in total. The van der Waals surface area contributed by atoms with E-state index >= 15 is 0 Å². The number of nitrogens with one attached hydrogen (secondary N) is 1. The Morgan fingerprint density at radius 3 is 2.64 bits per heavy atom. The van der Waals surface area contributed by atoms with Crippen LogP contribution in [0.25, 0.3) is 0 Å². The maximum atomic E-state index is 13.2. The van der Waals surface area contributed by atoms with Gasteiger partial charge in [-0.05, 0) is 68.5 Å². The molecule has 8 heteroatoms. The van der Waals surface area contributed by atoms with Gasteiger partial charge >= 0.3 is 0 Å². The van der Waals surface area contributed by atoms with Crippen LogP contribution in [0, 0.1) is 6.92 Å². The van der Waals surface area contributed by atoms with Gasteiger partial charge in [0.1, 0.15) is 10.7 Å². The van der Waals surface area contributed by atoms with Gasteiger partial charge in [0.05, 0.1) is 5.69 Å². The molecule has 2 heterocycles. The van der Waals surface area contributed by atoms with E-state index in [1.54, 1.807) is 49.4 Å². The van der Waals surface area contributed by atoms with Crippen molar-refractivity contribution >= 4 is 52.3 Å². The summed E-state index contributed by atoms with van der Waals surface area (Å²) in [6.07, 6.45) is 4.06. The van der Waals surface area contributed by atoms with E-state index in [4.69, 9.17) is 23.2 Å². The molecule has 1 saturated heterocycles. The Balaban J connectivity index is 1.58. The van der Waals surface area contributed by atoms with Crippen molar-refractivity contribution in [2.75, 3.05) is 16.8 Å². The predicted molar refractivity (Wildman–Crippen MR) is 131 cm³/mol. The monoisotopic (exact) mass is 485 g/mol. The molecule has 6 nitrogen and oxygen atoms in total. The summed E-state index contributed by atoms with van der Waals surface area (Å²) in [6, 6.07) is 12.1. The SMILES string of the molecule is CCC1CCCCN1C(=O)c1cccc(NC2=C(Cl)C(=O)N(c3cc(Cl)ccc3C)C2=O)c1. The van der Waals surface area contributed by atoms with Gasteiger partial charge in [0.15, 0.2) is 0 Å². The summed E-state index contributed by atoms with van der Waals surface area (Å²) < 4.78 is 0. The minimum absolute atomic E-state index is 0.0321. The number of imide groups is 1. The van der Waals surface area contributed by atoms with Crippen LogP contribution in [-0.2, 0) is 9.59 Å². The van der Waals surface area contributed by atoms with Crippen molar-refractivity contribution in [1.82, 2.24) is 4.90 Å². The van der Waals surface area contributed by atoms with E-state index in [9.17, 15) is 14.4 Å². The largest absolute Gasteiger partial charge is 0.350 e. The highest BCUT2D eigenvalue weighted by Gasteiger charge is 2.39. The van der Waals surface area contributed by atoms with Crippen LogP contribution in [0.15, 0.2) is 53.2 Å². The first-order valence-corrected chi connectivity index (χ1v) is 11.8. The Labute approximate surface area is 203 Å². The zero-order chi connectivity index (χ0) is 23.7. The summed E-state index contributed by atoms with van der Waals surface area (Å²) >= 11 is 12.3. The van der Waals surface area contributed by atoms with E-state index in [1.165, 1.54) is 0 Å². The number of hydrogen-bond acceptors (Lipinski definition) is 4. The van der Waals surface area contributed by atoms with Crippen LogP contribution in [0.5, 0.6) is 0 Å². The molecule has 33 heavy (non-hydrogen) atoms. The standard InChI is InChI=1S/C25H25Cl2N3O3/c1-3-19-9-4-5-12-29(19)23(31)16-7-6-8-18(13-16)28-22-21(27)24(32)30(25(22)33)20-14-17(26)11-10-15(20)2/h6-8,10-11,13-14,19,28H,3-5,9,12H2,1-2H3. The van der Waals surface area contributed by atoms with Gasteiger partial charge in [-0.25, -0.2) is 4.90 Å². The molecule has 1 atom stereocenters. The highest BCUT2D eigenvalue weighted by molar-refractivity contribution is 6.53. The van der Waals surface area contributed by atoms with E-state index in [0.29, 0.717) is 27.5 Å². The molecule has 2 aromatic rings. The number of benzene rings is 2. The molecule has 0 saturated carbocycles. The van der Waals surface area contributed by atoms with Crippen molar-refractivity contribution in [1.29, 1.82) is 0 Å². The molecule has 0 spiro atoms. The van der Waals surface area contributed by atoms with Crippen LogP contribution in [0.3, 0.4) is 0 Å². The first kappa shape index (κ1) is 23.3. The fraction of sp³-hybridized carbons (Fsp3) is 0.320. The molecule has 3 amide bonds. The second kappa shape index (κ2) is 9.57. The van der Waals surface area contributed by atoms with Crippen LogP contribution >= 0.6 is 23.2 Å². The Kier molecular flexibility index (Phi) is 6.77. The van der Waals surface area contributed by atoms with Crippen LogP contribution < -0.4 is 10.2 Å². The molecule has 4 rings (SSSR count). The number of likely N-dealkylation sites (tertiary alicyclic amines) is 1. The molecule has 172 valence electrons. The van der Waals surface area contributed by atoms with Crippen LogP contribution in [-0.4, -0.2) is 35.2 Å². The number of rotatable bonds is 5. The Morgan fingerprint density at radius 1 is 1.09 bits per heavy atom. The smallest absolute Gasteiger partial charge is 0.283 e. The third-order valence-corrected chi connectivity index (χ3v) is 6.76. The van der Waals surface area contributed by atoms with Gasteiger partial charge in [-0.1, -0.05) is 42.3 Å². The minimum Gasteiger partial charge on any atom is -0.350 e. The Morgan fingerprint density at radius 2 is 1.88 bits per heavy atom. The quantitative estimate of drug-likeness (QED) is 0.568. The van der Waals surface area contributed by atoms with Gasteiger partial charge in [0.2, 0.25) is 0 Å². The van der Waals surface area contributed by atoms with Crippen molar-refractivity contribution in [3.63, 3.8) is 0 Å². The molecule has 1 fully saturated rings. The van der Waals surface area contributed by atoms with Gasteiger partial charge in [0.25, 0.3) is 17.7 Å². The predicted octanol–water partition coefficient (Wildman–Crippen LogP) is 5.49. The lowest BCUT2D eigenvalue weighted by molar-refractivity contribution is -0.120. The molecule has 2 aromatic carbocycles. The first-order chi connectivity index (χ1) is 15.8. The summed E-state index contributed by atoms with van der Waals surface area (Å²) in [5, 5.41) is 3.16. The number of amides is 3. The van der Waals surface area contributed by atoms with Crippen molar-refractivity contribution < 1.29 is 14.4 Å². The topological polar surface area (TPSA) is 69.7 Å². The number of halogens is 2. The number of nitrogens with zero attached hydrogens (tertiary/aromatic N) is 2. The zero-order valence-corrected chi connectivity index (χ0v) is 20.0. The fourth-order valence-electron chi connectivity index (χ4n) is 4.39. The van der Waals surface area contributed by atoms with Gasteiger partial charge in [-0.3, -0.25) is 14.4 Å². The highest BCUT2D eigenvalue weighted by Crippen LogP contribution is 2.33. The molecule has 0 aromatic heterocycles. The molecule has 0 bridgehead atoms. The first-order valence-electron chi connectivity index (χ1n) is 11.0. The minimum atomic E-state index is -0.624. The molecule has 2 aliphatic heterocycles. The number of hydrogen-bond donors (Lipinski definition) is 1. The second-order valence-corrected chi connectivity index (χ2v) is 9.14. The molecule has 0 radical (unpaired) electrons. The number of carbonyl (C=O) groups is 3. The number of aryl methyl sites for hydroxylation is 1.